The first-order valence-corrected chi connectivity index (χ1v) is 7.69. The van der Waals surface area contributed by atoms with Crippen molar-refractivity contribution in [2.75, 3.05) is 0 Å². The molecule has 0 saturated heterocycles. The maximum Gasteiger partial charge on any atom is 0.260 e. The summed E-state index contributed by atoms with van der Waals surface area (Å²) in [6.45, 7) is 0. The fraction of sp³-hybridized carbons (Fsp3) is 0. The van der Waals surface area contributed by atoms with Gasteiger partial charge < -0.3 is 15.3 Å². The van der Waals surface area contributed by atoms with E-state index in [1.807, 2.05) is 41.1 Å². The molecule has 0 aliphatic heterocycles. The topological polar surface area (TPSA) is 93.8 Å². The van der Waals surface area contributed by atoms with Crippen LogP contribution in [0.25, 0.3) is 27.8 Å². The summed E-state index contributed by atoms with van der Waals surface area (Å²) in [4.78, 5) is 30.6. The molecule has 0 aliphatic rings. The second-order valence-corrected chi connectivity index (χ2v) is 5.62. The fourth-order valence-corrected chi connectivity index (χ4v) is 2.89. The van der Waals surface area contributed by atoms with Crippen molar-refractivity contribution >= 4 is 16.9 Å². The van der Waals surface area contributed by atoms with Gasteiger partial charge in [0.15, 0.2) is 5.65 Å². The summed E-state index contributed by atoms with van der Waals surface area (Å²) >= 11 is 0. The Labute approximate surface area is 142 Å². The number of H-pyrrole nitrogens is 1. The number of carbonyl (C=O) groups is 1. The predicted molar refractivity (Wildman–Crippen MR) is 95.6 cm³/mol. The number of rotatable bonds is 3. The average molecular weight is 330 g/mol. The number of amides is 1. The number of nitrogens with two attached hydrogens (primary N) is 1. The Morgan fingerprint density at radius 1 is 1.04 bits per heavy atom. The molecule has 2 aromatic carbocycles. The maximum absolute atomic E-state index is 12.4. The Morgan fingerprint density at radius 2 is 1.76 bits per heavy atom. The molecular weight excluding hydrogens is 316 g/mol. The molecule has 0 atom stereocenters. The summed E-state index contributed by atoms with van der Waals surface area (Å²) in [6, 6.07) is 16.5. The van der Waals surface area contributed by atoms with Crippen molar-refractivity contribution in [2.45, 2.75) is 0 Å². The van der Waals surface area contributed by atoms with E-state index in [9.17, 15) is 9.59 Å². The second kappa shape index (κ2) is 5.76. The molecule has 0 spiro atoms. The minimum absolute atomic E-state index is 0.198. The van der Waals surface area contributed by atoms with E-state index in [0.29, 0.717) is 16.6 Å². The van der Waals surface area contributed by atoms with Gasteiger partial charge in [0.25, 0.3) is 5.56 Å². The monoisotopic (exact) mass is 330 g/mol. The van der Waals surface area contributed by atoms with Gasteiger partial charge in [-0.3, -0.25) is 9.59 Å². The molecule has 0 saturated carbocycles. The third-order valence-electron chi connectivity index (χ3n) is 4.10. The van der Waals surface area contributed by atoms with Crippen molar-refractivity contribution in [1.29, 1.82) is 0 Å². The lowest BCUT2D eigenvalue weighted by Gasteiger charge is -2.05. The van der Waals surface area contributed by atoms with Crippen LogP contribution >= 0.6 is 0 Å². The molecule has 0 fully saturated rings. The minimum atomic E-state index is -0.483. The summed E-state index contributed by atoms with van der Waals surface area (Å²) in [7, 11) is 0. The van der Waals surface area contributed by atoms with Crippen LogP contribution in [0.15, 0.2) is 71.9 Å². The van der Waals surface area contributed by atoms with Gasteiger partial charge >= 0.3 is 0 Å². The highest BCUT2D eigenvalue weighted by atomic mass is 16.1. The fourth-order valence-electron chi connectivity index (χ4n) is 2.89. The summed E-state index contributed by atoms with van der Waals surface area (Å²) in [5, 5.41) is 0.521. The largest absolute Gasteiger partial charge is 0.366 e. The summed E-state index contributed by atoms with van der Waals surface area (Å²) in [5.74, 6) is -0.483. The minimum Gasteiger partial charge on any atom is -0.366 e. The van der Waals surface area contributed by atoms with Crippen molar-refractivity contribution in [3.8, 4) is 16.8 Å². The van der Waals surface area contributed by atoms with Crippen LogP contribution in [0.2, 0.25) is 0 Å². The van der Waals surface area contributed by atoms with E-state index in [0.717, 1.165) is 16.8 Å². The average Bonchev–Trinajstić information content (AvgIpc) is 3.03. The summed E-state index contributed by atoms with van der Waals surface area (Å²) in [5.41, 5.74) is 8.58. The number of hydrogen-bond acceptors (Lipinski definition) is 3. The summed E-state index contributed by atoms with van der Waals surface area (Å²) in [6.07, 6.45) is 3.26. The number of nitrogens with zero attached hydrogens (tertiary/aromatic N) is 2. The Balaban J connectivity index is 1.98. The van der Waals surface area contributed by atoms with Crippen LogP contribution in [0.4, 0.5) is 0 Å². The molecule has 0 unspecified atom stereocenters. The quantitative estimate of drug-likeness (QED) is 0.604. The number of aromatic amines is 1. The third kappa shape index (κ3) is 2.49. The molecule has 122 valence electrons. The molecule has 1 amide bonds. The predicted octanol–water partition coefficient (Wildman–Crippen LogP) is 2.48. The van der Waals surface area contributed by atoms with Crippen molar-refractivity contribution in [2.24, 2.45) is 5.73 Å². The van der Waals surface area contributed by atoms with E-state index < -0.39 is 5.91 Å². The number of benzene rings is 2. The molecule has 25 heavy (non-hydrogen) atoms. The lowest BCUT2D eigenvalue weighted by atomic mass is 10.1. The Morgan fingerprint density at radius 3 is 2.44 bits per heavy atom. The molecule has 2 aromatic heterocycles. The van der Waals surface area contributed by atoms with Crippen molar-refractivity contribution < 1.29 is 4.79 Å². The SMILES string of the molecule is NC(=O)c1ccc(-n2cc(-c3ccccc3)c3c(=O)[nH]cnc32)cc1. The Hall–Kier alpha value is -3.67. The normalized spacial score (nSPS) is 10.9. The first kappa shape index (κ1) is 14.9. The highest BCUT2D eigenvalue weighted by molar-refractivity contribution is 5.95. The highest BCUT2D eigenvalue weighted by Crippen LogP contribution is 2.29. The van der Waals surface area contributed by atoms with E-state index >= 15 is 0 Å². The van der Waals surface area contributed by atoms with Gasteiger partial charge in [0.05, 0.1) is 11.7 Å². The van der Waals surface area contributed by atoms with Crippen molar-refractivity contribution in [3.05, 3.63) is 83.0 Å². The molecule has 4 aromatic rings. The number of aromatic nitrogens is 3. The van der Waals surface area contributed by atoms with Crippen LogP contribution in [0, 0.1) is 0 Å². The van der Waals surface area contributed by atoms with E-state index in [-0.39, 0.29) is 5.56 Å². The molecule has 6 nitrogen and oxygen atoms in total. The molecule has 0 bridgehead atoms. The number of fused-ring (bicyclic) bond motifs is 1. The zero-order valence-electron chi connectivity index (χ0n) is 13.1. The van der Waals surface area contributed by atoms with Crippen molar-refractivity contribution in [3.63, 3.8) is 0 Å². The number of nitrogens with one attached hydrogen (secondary N) is 1. The molecule has 2 heterocycles. The van der Waals surface area contributed by atoms with Gasteiger partial charge in [-0.1, -0.05) is 30.3 Å². The number of hydrogen-bond donors (Lipinski definition) is 2. The van der Waals surface area contributed by atoms with Gasteiger partial charge in [-0.25, -0.2) is 4.98 Å². The zero-order valence-corrected chi connectivity index (χ0v) is 13.1. The van der Waals surface area contributed by atoms with Crippen LogP contribution < -0.4 is 11.3 Å². The van der Waals surface area contributed by atoms with Crippen LogP contribution in [0.1, 0.15) is 10.4 Å². The van der Waals surface area contributed by atoms with Gasteiger partial charge in [0.1, 0.15) is 0 Å². The Bertz CT molecular complexity index is 1130. The lowest BCUT2D eigenvalue weighted by molar-refractivity contribution is 0.100. The van der Waals surface area contributed by atoms with Gasteiger partial charge in [0.2, 0.25) is 5.91 Å². The van der Waals surface area contributed by atoms with Gasteiger partial charge in [-0.2, -0.15) is 0 Å². The molecule has 0 aliphatic carbocycles. The second-order valence-electron chi connectivity index (χ2n) is 5.62. The first-order valence-electron chi connectivity index (χ1n) is 7.69. The molecule has 4 rings (SSSR count). The van der Waals surface area contributed by atoms with Crippen LogP contribution in [-0.2, 0) is 0 Å². The van der Waals surface area contributed by atoms with Crippen molar-refractivity contribution in [1.82, 2.24) is 14.5 Å². The van der Waals surface area contributed by atoms with Crippen LogP contribution in [0.5, 0.6) is 0 Å². The van der Waals surface area contributed by atoms with Crippen LogP contribution in [0.3, 0.4) is 0 Å². The lowest BCUT2D eigenvalue weighted by Crippen LogP contribution is -2.10. The molecular formula is C19H14N4O2. The standard InChI is InChI=1S/C19H14N4O2/c20-17(24)13-6-8-14(9-7-13)23-10-15(12-4-2-1-3-5-12)16-18(23)21-11-22-19(16)25/h1-11H,(H2,20,24)(H,21,22,25). The van der Waals surface area contributed by atoms with Gasteiger partial charge in [-0.15, -0.1) is 0 Å². The van der Waals surface area contributed by atoms with E-state index in [1.54, 1.807) is 24.3 Å². The summed E-state index contributed by atoms with van der Waals surface area (Å²) < 4.78 is 1.83. The van der Waals surface area contributed by atoms with E-state index in [2.05, 4.69) is 9.97 Å². The third-order valence-corrected chi connectivity index (χ3v) is 4.10. The number of carbonyl (C=O) groups excluding carboxylic acids is 1. The Kier molecular flexibility index (Phi) is 3.43. The number of primary amides is 1. The van der Waals surface area contributed by atoms with Gasteiger partial charge in [0, 0.05) is 23.0 Å². The highest BCUT2D eigenvalue weighted by Gasteiger charge is 2.15. The molecule has 3 N–H and O–H groups in total. The zero-order chi connectivity index (χ0) is 17.4. The first-order chi connectivity index (χ1) is 12.1. The maximum atomic E-state index is 12.4. The van der Waals surface area contributed by atoms with E-state index in [4.69, 9.17) is 5.73 Å². The smallest absolute Gasteiger partial charge is 0.260 e. The van der Waals surface area contributed by atoms with Crippen LogP contribution in [-0.4, -0.2) is 20.4 Å². The van der Waals surface area contributed by atoms with E-state index in [1.165, 1.54) is 6.33 Å². The molecule has 6 heteroatoms. The molecule has 0 radical (unpaired) electrons. The van der Waals surface area contributed by atoms with Gasteiger partial charge in [-0.05, 0) is 29.8 Å².